The summed E-state index contributed by atoms with van der Waals surface area (Å²) >= 11 is 5.97. The predicted molar refractivity (Wildman–Crippen MR) is 64.9 cm³/mol. The summed E-state index contributed by atoms with van der Waals surface area (Å²) in [5.41, 5.74) is 7.04. The van der Waals surface area contributed by atoms with Crippen LogP contribution in [0.25, 0.3) is 0 Å². The molecule has 1 amide bonds. The van der Waals surface area contributed by atoms with Crippen molar-refractivity contribution in [2.24, 2.45) is 5.73 Å². The molecule has 1 unspecified atom stereocenters. The third-order valence-electron chi connectivity index (χ3n) is 3.09. The fourth-order valence-electron chi connectivity index (χ4n) is 2.00. The van der Waals surface area contributed by atoms with Crippen molar-refractivity contribution >= 4 is 17.5 Å². The Morgan fingerprint density at radius 2 is 2.25 bits per heavy atom. The molecule has 0 aromatic carbocycles. The van der Waals surface area contributed by atoms with E-state index in [0.29, 0.717) is 17.0 Å². The molecule has 0 bridgehead atoms. The number of halogens is 1. The van der Waals surface area contributed by atoms with E-state index in [9.17, 15) is 4.79 Å². The van der Waals surface area contributed by atoms with E-state index in [1.807, 2.05) is 25.2 Å². The zero-order valence-electron chi connectivity index (χ0n) is 9.38. The number of carbonyl (C=O) groups is 1. The smallest absolute Gasteiger partial charge is 0.249 e. The van der Waals surface area contributed by atoms with Crippen LogP contribution in [0.1, 0.15) is 20.3 Å². The van der Waals surface area contributed by atoms with Crippen LogP contribution in [0.5, 0.6) is 0 Å². The van der Waals surface area contributed by atoms with Gasteiger partial charge >= 0.3 is 0 Å². The van der Waals surface area contributed by atoms with Gasteiger partial charge in [-0.1, -0.05) is 17.7 Å². The molecule has 3 nitrogen and oxygen atoms in total. The lowest BCUT2D eigenvalue weighted by molar-refractivity contribution is -0.119. The van der Waals surface area contributed by atoms with Crippen molar-refractivity contribution in [2.75, 3.05) is 0 Å². The average Bonchev–Trinajstić information content (AvgIpc) is 2.18. The highest BCUT2D eigenvalue weighted by atomic mass is 35.5. The first kappa shape index (κ1) is 11.4. The number of hydrogen-bond acceptors (Lipinski definition) is 2. The number of carbonyl (C=O) groups excluding carboxylic acids is 1. The van der Waals surface area contributed by atoms with Crippen LogP contribution >= 0.6 is 11.6 Å². The molecule has 3 N–H and O–H groups in total. The molecule has 0 fully saturated rings. The summed E-state index contributed by atoms with van der Waals surface area (Å²) in [6.45, 7) is 3.79. The zero-order chi connectivity index (χ0) is 11.9. The highest BCUT2D eigenvalue weighted by molar-refractivity contribution is 6.31. The van der Waals surface area contributed by atoms with E-state index < -0.39 is 0 Å². The van der Waals surface area contributed by atoms with Crippen molar-refractivity contribution in [3.63, 3.8) is 0 Å². The van der Waals surface area contributed by atoms with Gasteiger partial charge in [-0.25, -0.2) is 0 Å². The summed E-state index contributed by atoms with van der Waals surface area (Å²) < 4.78 is 0. The number of allylic oxidation sites excluding steroid dienone is 2. The molecule has 1 aliphatic heterocycles. The van der Waals surface area contributed by atoms with Crippen molar-refractivity contribution in [3.05, 3.63) is 34.4 Å². The largest absolute Gasteiger partial charge is 0.343 e. The minimum Gasteiger partial charge on any atom is -0.343 e. The maximum atomic E-state index is 11.8. The molecule has 1 aliphatic carbocycles. The molecule has 2 atom stereocenters. The van der Waals surface area contributed by atoms with Crippen LogP contribution in [0.15, 0.2) is 34.4 Å². The lowest BCUT2D eigenvalue weighted by Gasteiger charge is -2.38. The molecule has 86 valence electrons. The van der Waals surface area contributed by atoms with Crippen molar-refractivity contribution in [1.82, 2.24) is 5.32 Å². The third-order valence-corrected chi connectivity index (χ3v) is 3.35. The van der Waals surface area contributed by atoms with Gasteiger partial charge < -0.3 is 11.1 Å². The standard InChI is InChI=1S/C12H15ClN2O/c1-7(14)10-6-8-5-9(13)3-4-12(8,2)15-11(10)16/h3,5-7H,4,14H2,1-2H3,(H,15,16)/t7-,12?/m0/s1. The van der Waals surface area contributed by atoms with E-state index in [-0.39, 0.29) is 17.5 Å². The lowest BCUT2D eigenvalue weighted by Crippen LogP contribution is -2.52. The van der Waals surface area contributed by atoms with Crippen molar-refractivity contribution in [2.45, 2.75) is 31.8 Å². The van der Waals surface area contributed by atoms with E-state index in [1.54, 1.807) is 6.92 Å². The minimum atomic E-state index is -0.339. The minimum absolute atomic E-state index is 0.0823. The fraction of sp³-hybridized carbons (Fsp3) is 0.417. The van der Waals surface area contributed by atoms with E-state index in [4.69, 9.17) is 17.3 Å². The Balaban J connectivity index is 2.47. The Morgan fingerprint density at radius 1 is 1.56 bits per heavy atom. The lowest BCUT2D eigenvalue weighted by atomic mass is 9.80. The number of rotatable bonds is 1. The quantitative estimate of drug-likeness (QED) is 0.729. The van der Waals surface area contributed by atoms with Gasteiger partial charge in [-0.15, -0.1) is 0 Å². The van der Waals surface area contributed by atoms with Gasteiger partial charge in [0.15, 0.2) is 0 Å². The summed E-state index contributed by atoms with van der Waals surface area (Å²) in [6.07, 6.45) is 6.37. The SMILES string of the molecule is C[C@H](N)C1=CC2=CC(Cl)=CCC2(C)NC1=O. The highest BCUT2D eigenvalue weighted by Gasteiger charge is 2.36. The highest BCUT2D eigenvalue weighted by Crippen LogP contribution is 2.34. The van der Waals surface area contributed by atoms with Gasteiger partial charge in [0.05, 0.1) is 5.54 Å². The molecule has 1 heterocycles. The summed E-state index contributed by atoms with van der Waals surface area (Å²) in [4.78, 5) is 11.8. The van der Waals surface area contributed by atoms with E-state index in [2.05, 4.69) is 5.32 Å². The molecule has 0 aromatic heterocycles. The number of nitrogens with one attached hydrogen (secondary N) is 1. The Bertz CT molecular complexity index is 434. The van der Waals surface area contributed by atoms with Crippen LogP contribution in [-0.4, -0.2) is 17.5 Å². The molecule has 0 saturated heterocycles. The third kappa shape index (κ3) is 1.81. The Labute approximate surface area is 100 Å². The first-order chi connectivity index (χ1) is 7.42. The molecular formula is C12H15ClN2O. The van der Waals surface area contributed by atoms with Gasteiger partial charge in [-0.3, -0.25) is 4.79 Å². The summed E-state index contributed by atoms with van der Waals surface area (Å²) in [6, 6.07) is -0.268. The normalized spacial score (nSPS) is 30.8. The molecule has 2 rings (SSSR count). The molecular weight excluding hydrogens is 224 g/mol. The van der Waals surface area contributed by atoms with Crippen LogP contribution in [0.3, 0.4) is 0 Å². The molecule has 0 spiro atoms. The molecule has 0 radical (unpaired) electrons. The summed E-state index contributed by atoms with van der Waals surface area (Å²) in [7, 11) is 0. The number of amides is 1. The molecule has 16 heavy (non-hydrogen) atoms. The molecule has 2 aliphatic rings. The maximum absolute atomic E-state index is 11.8. The predicted octanol–water partition coefficient (Wildman–Crippen LogP) is 1.60. The van der Waals surface area contributed by atoms with E-state index in [1.165, 1.54) is 0 Å². The molecule has 0 aromatic rings. The second kappa shape index (κ2) is 3.75. The van der Waals surface area contributed by atoms with E-state index in [0.717, 1.165) is 5.57 Å². The zero-order valence-corrected chi connectivity index (χ0v) is 10.1. The van der Waals surface area contributed by atoms with Crippen LogP contribution < -0.4 is 11.1 Å². The van der Waals surface area contributed by atoms with Crippen molar-refractivity contribution in [3.8, 4) is 0 Å². The number of fused-ring (bicyclic) bond motifs is 1. The van der Waals surface area contributed by atoms with Crippen LogP contribution in [0.4, 0.5) is 0 Å². The average molecular weight is 239 g/mol. The van der Waals surface area contributed by atoms with E-state index >= 15 is 0 Å². The topological polar surface area (TPSA) is 55.1 Å². The number of nitrogens with two attached hydrogens (primary N) is 1. The Kier molecular flexibility index (Phi) is 2.68. The van der Waals surface area contributed by atoms with Gasteiger partial charge in [-0.2, -0.15) is 0 Å². The second-order valence-corrected chi connectivity index (χ2v) is 5.00. The first-order valence-corrected chi connectivity index (χ1v) is 5.68. The monoisotopic (exact) mass is 238 g/mol. The number of hydrogen-bond donors (Lipinski definition) is 2. The Morgan fingerprint density at radius 3 is 2.88 bits per heavy atom. The van der Waals surface area contributed by atoms with Gasteiger partial charge in [0, 0.05) is 16.6 Å². The van der Waals surface area contributed by atoms with Gasteiger partial charge in [0.2, 0.25) is 5.91 Å². The molecule has 0 saturated carbocycles. The van der Waals surface area contributed by atoms with Gasteiger partial charge in [0.25, 0.3) is 0 Å². The van der Waals surface area contributed by atoms with Crippen LogP contribution in [0.2, 0.25) is 0 Å². The Hall–Kier alpha value is -1.06. The summed E-state index contributed by atoms with van der Waals surface area (Å²) in [5.74, 6) is -0.0823. The van der Waals surface area contributed by atoms with Gasteiger partial charge in [0.1, 0.15) is 0 Å². The van der Waals surface area contributed by atoms with Crippen LogP contribution in [0, 0.1) is 0 Å². The van der Waals surface area contributed by atoms with Crippen molar-refractivity contribution < 1.29 is 4.79 Å². The first-order valence-electron chi connectivity index (χ1n) is 5.30. The van der Waals surface area contributed by atoms with Crippen molar-refractivity contribution in [1.29, 1.82) is 0 Å². The fourth-order valence-corrected chi connectivity index (χ4v) is 2.20. The van der Waals surface area contributed by atoms with Crippen LogP contribution in [-0.2, 0) is 4.79 Å². The summed E-state index contributed by atoms with van der Waals surface area (Å²) in [5, 5.41) is 3.70. The molecule has 4 heteroatoms. The maximum Gasteiger partial charge on any atom is 0.249 e. The second-order valence-electron chi connectivity index (χ2n) is 4.57. The van der Waals surface area contributed by atoms with Gasteiger partial charge in [-0.05, 0) is 38.0 Å².